The lowest BCUT2D eigenvalue weighted by molar-refractivity contribution is 0.551. The lowest BCUT2D eigenvalue weighted by atomic mass is 9.79. The van der Waals surface area contributed by atoms with Gasteiger partial charge in [-0.3, -0.25) is 0 Å². The maximum absolute atomic E-state index is 6.31. The summed E-state index contributed by atoms with van der Waals surface area (Å²) < 4.78 is 0. The molecule has 0 aliphatic carbocycles. The minimum atomic E-state index is -0.0460. The van der Waals surface area contributed by atoms with E-state index in [2.05, 4.69) is 56.1 Å². The van der Waals surface area contributed by atoms with Crippen LogP contribution in [0, 0.1) is 0 Å². The molecule has 0 aromatic heterocycles. The van der Waals surface area contributed by atoms with Crippen LogP contribution in [0.4, 0.5) is 0 Å². The standard InChI is InChI=1S/C16H14Br2Cl2/c17-10-16(11-18,13-4-2-1-3-5-13)9-12-8-14(19)6-7-15(12)20/h1-8H,9-11H2. The van der Waals surface area contributed by atoms with E-state index < -0.39 is 0 Å². The predicted molar refractivity (Wildman–Crippen MR) is 95.9 cm³/mol. The van der Waals surface area contributed by atoms with Crippen LogP contribution < -0.4 is 0 Å². The Morgan fingerprint density at radius 1 is 0.900 bits per heavy atom. The van der Waals surface area contributed by atoms with E-state index in [0.29, 0.717) is 0 Å². The summed E-state index contributed by atoms with van der Waals surface area (Å²) in [6, 6.07) is 16.1. The van der Waals surface area contributed by atoms with Crippen LogP contribution in [0.3, 0.4) is 0 Å². The topological polar surface area (TPSA) is 0 Å². The van der Waals surface area contributed by atoms with Gasteiger partial charge in [0.05, 0.1) is 0 Å². The second-order valence-corrected chi connectivity index (χ2v) is 6.79. The van der Waals surface area contributed by atoms with Crippen LogP contribution in [0.2, 0.25) is 10.0 Å². The van der Waals surface area contributed by atoms with Gasteiger partial charge < -0.3 is 0 Å². The van der Waals surface area contributed by atoms with Gasteiger partial charge in [-0.15, -0.1) is 0 Å². The molecule has 0 saturated carbocycles. The molecule has 0 nitrogen and oxygen atoms in total. The summed E-state index contributed by atoms with van der Waals surface area (Å²) in [4.78, 5) is 0. The van der Waals surface area contributed by atoms with E-state index in [1.165, 1.54) is 5.56 Å². The molecule has 0 saturated heterocycles. The molecule has 0 amide bonds. The number of rotatable bonds is 5. The van der Waals surface area contributed by atoms with Crippen molar-refractivity contribution in [2.45, 2.75) is 11.8 Å². The third kappa shape index (κ3) is 3.59. The first-order valence-corrected chi connectivity index (χ1v) is 9.22. The molecule has 0 unspecified atom stereocenters. The van der Waals surface area contributed by atoms with Gasteiger partial charge in [-0.25, -0.2) is 0 Å². The van der Waals surface area contributed by atoms with E-state index in [1.807, 2.05) is 24.3 Å². The molecule has 20 heavy (non-hydrogen) atoms. The lowest BCUT2D eigenvalue weighted by Crippen LogP contribution is -2.33. The SMILES string of the molecule is Clc1ccc(Cl)c(CC(CBr)(CBr)c2ccccc2)c1. The summed E-state index contributed by atoms with van der Waals surface area (Å²) >= 11 is 19.7. The number of alkyl halides is 2. The maximum atomic E-state index is 6.31. The first kappa shape index (κ1) is 16.4. The van der Waals surface area contributed by atoms with E-state index >= 15 is 0 Å². The quantitative estimate of drug-likeness (QED) is 0.485. The summed E-state index contributed by atoms with van der Waals surface area (Å²) in [6.07, 6.45) is 0.826. The summed E-state index contributed by atoms with van der Waals surface area (Å²) in [7, 11) is 0. The first-order chi connectivity index (χ1) is 9.61. The van der Waals surface area contributed by atoms with Crippen LogP contribution in [0.15, 0.2) is 48.5 Å². The third-order valence-corrected chi connectivity index (χ3v) is 6.18. The van der Waals surface area contributed by atoms with Crippen molar-refractivity contribution in [3.05, 3.63) is 69.7 Å². The van der Waals surface area contributed by atoms with Crippen LogP contribution in [-0.2, 0) is 11.8 Å². The Kier molecular flexibility index (Phi) is 5.97. The van der Waals surface area contributed by atoms with E-state index in [4.69, 9.17) is 23.2 Å². The number of halogens is 4. The molecule has 0 aliphatic heterocycles. The largest absolute Gasteiger partial charge is 0.0918 e. The molecule has 4 heteroatoms. The number of benzene rings is 2. The Morgan fingerprint density at radius 2 is 1.55 bits per heavy atom. The Bertz CT molecular complexity index is 566. The summed E-state index contributed by atoms with van der Waals surface area (Å²) in [5.41, 5.74) is 2.31. The summed E-state index contributed by atoms with van der Waals surface area (Å²) in [5, 5.41) is 3.17. The minimum absolute atomic E-state index is 0.0460. The zero-order valence-electron chi connectivity index (χ0n) is 10.8. The molecule has 2 aromatic rings. The number of hydrogen-bond donors (Lipinski definition) is 0. The van der Waals surface area contributed by atoms with E-state index in [-0.39, 0.29) is 5.41 Å². The van der Waals surface area contributed by atoms with Crippen molar-refractivity contribution in [1.82, 2.24) is 0 Å². The molecule has 0 spiro atoms. The maximum Gasteiger partial charge on any atom is 0.0439 e. The fourth-order valence-electron chi connectivity index (χ4n) is 2.22. The molecule has 0 atom stereocenters. The molecule has 2 aromatic carbocycles. The van der Waals surface area contributed by atoms with Gasteiger partial charge in [0.1, 0.15) is 0 Å². The molecule has 0 radical (unpaired) electrons. The fraction of sp³-hybridized carbons (Fsp3) is 0.250. The van der Waals surface area contributed by atoms with Crippen LogP contribution >= 0.6 is 55.1 Å². The highest BCUT2D eigenvalue weighted by Gasteiger charge is 2.31. The summed E-state index contributed by atoms with van der Waals surface area (Å²) in [6.45, 7) is 0. The molecular weight excluding hydrogens is 423 g/mol. The molecule has 0 bridgehead atoms. The van der Waals surface area contributed by atoms with Crippen molar-refractivity contribution < 1.29 is 0 Å². The molecule has 2 rings (SSSR count). The van der Waals surface area contributed by atoms with Gasteiger partial charge in [0.25, 0.3) is 0 Å². The van der Waals surface area contributed by atoms with E-state index in [1.54, 1.807) is 0 Å². The third-order valence-electron chi connectivity index (χ3n) is 3.43. The van der Waals surface area contributed by atoms with Crippen LogP contribution in [0.1, 0.15) is 11.1 Å². The van der Waals surface area contributed by atoms with Crippen molar-refractivity contribution in [2.24, 2.45) is 0 Å². The van der Waals surface area contributed by atoms with Crippen LogP contribution in [0.25, 0.3) is 0 Å². The lowest BCUT2D eigenvalue weighted by Gasteiger charge is -2.31. The van der Waals surface area contributed by atoms with Crippen molar-refractivity contribution in [3.8, 4) is 0 Å². The Labute approximate surface area is 146 Å². The smallest absolute Gasteiger partial charge is 0.0439 e. The highest BCUT2D eigenvalue weighted by Crippen LogP contribution is 2.35. The van der Waals surface area contributed by atoms with Gasteiger partial charge in [-0.1, -0.05) is 85.4 Å². The average molecular weight is 437 g/mol. The first-order valence-electron chi connectivity index (χ1n) is 6.23. The average Bonchev–Trinajstić information content (AvgIpc) is 2.49. The van der Waals surface area contributed by atoms with Gasteiger partial charge >= 0.3 is 0 Å². The number of hydrogen-bond acceptors (Lipinski definition) is 0. The summed E-state index contributed by atoms with van der Waals surface area (Å²) in [5.74, 6) is 0. The highest BCUT2D eigenvalue weighted by atomic mass is 79.9. The van der Waals surface area contributed by atoms with Crippen molar-refractivity contribution in [3.63, 3.8) is 0 Å². The predicted octanol–water partition coefficient (Wildman–Crippen LogP) is 6.26. The zero-order chi connectivity index (χ0) is 14.6. The minimum Gasteiger partial charge on any atom is -0.0918 e. The van der Waals surface area contributed by atoms with Gasteiger partial charge in [0.2, 0.25) is 0 Å². The highest BCUT2D eigenvalue weighted by molar-refractivity contribution is 9.09. The fourth-order valence-corrected chi connectivity index (χ4v) is 4.57. The van der Waals surface area contributed by atoms with Gasteiger partial charge in [0.15, 0.2) is 0 Å². The Morgan fingerprint density at radius 3 is 2.15 bits per heavy atom. The molecular formula is C16H14Br2Cl2. The second kappa shape index (κ2) is 7.31. The van der Waals surface area contributed by atoms with Gasteiger partial charge in [-0.05, 0) is 35.7 Å². The van der Waals surface area contributed by atoms with Crippen LogP contribution in [0.5, 0.6) is 0 Å². The monoisotopic (exact) mass is 434 g/mol. The van der Waals surface area contributed by atoms with Crippen molar-refractivity contribution in [1.29, 1.82) is 0 Å². The molecule has 106 valence electrons. The van der Waals surface area contributed by atoms with E-state index in [9.17, 15) is 0 Å². The Hall–Kier alpha value is -0.0200. The Balaban J connectivity index is 2.42. The molecule has 0 aliphatic rings. The second-order valence-electron chi connectivity index (χ2n) is 4.83. The molecule has 0 N–H and O–H groups in total. The van der Waals surface area contributed by atoms with Crippen molar-refractivity contribution >= 4 is 55.1 Å². The molecule has 0 fully saturated rings. The normalized spacial score (nSPS) is 11.6. The molecule has 0 heterocycles. The van der Waals surface area contributed by atoms with Crippen LogP contribution in [-0.4, -0.2) is 10.7 Å². The zero-order valence-corrected chi connectivity index (χ0v) is 15.4. The van der Waals surface area contributed by atoms with Crippen molar-refractivity contribution in [2.75, 3.05) is 10.7 Å². The van der Waals surface area contributed by atoms with E-state index in [0.717, 1.165) is 32.7 Å². The van der Waals surface area contributed by atoms with Gasteiger partial charge in [-0.2, -0.15) is 0 Å². The van der Waals surface area contributed by atoms with Gasteiger partial charge in [0, 0.05) is 26.1 Å².